The van der Waals surface area contributed by atoms with Gasteiger partial charge in [-0.25, -0.2) is 0 Å². The molecule has 2 aromatic rings. The van der Waals surface area contributed by atoms with Crippen molar-refractivity contribution in [2.45, 2.75) is 26.2 Å². The van der Waals surface area contributed by atoms with Crippen molar-refractivity contribution in [3.8, 4) is 0 Å². The number of hydrogen-bond acceptors (Lipinski definition) is 2. The number of aryl methyl sites for hydroxylation is 1. The van der Waals surface area contributed by atoms with Crippen LogP contribution in [0.2, 0.25) is 0 Å². The second kappa shape index (κ2) is 5.04. The Hall–Kier alpha value is -2.23. The number of nitrogens with one attached hydrogen (secondary N) is 1. The minimum absolute atomic E-state index is 0.0306. The summed E-state index contributed by atoms with van der Waals surface area (Å²) in [4.78, 5) is 12.3. The van der Waals surface area contributed by atoms with Crippen molar-refractivity contribution in [3.05, 3.63) is 47.8 Å². The van der Waals surface area contributed by atoms with Gasteiger partial charge in [0.25, 0.3) is 5.91 Å². The third-order valence-corrected chi connectivity index (χ3v) is 3.24. The topological polar surface area (TPSA) is 60.0 Å². The Morgan fingerprint density at radius 1 is 1.25 bits per heavy atom. The number of amides is 1. The summed E-state index contributed by atoms with van der Waals surface area (Å²) >= 11 is 0. The van der Waals surface area contributed by atoms with Crippen LogP contribution in [-0.2, 0) is 12.5 Å². The van der Waals surface area contributed by atoms with E-state index in [2.05, 4.69) is 26.1 Å². The number of rotatable bonds is 2. The molecule has 3 N–H and O–H groups in total. The lowest BCUT2D eigenvalue weighted by molar-refractivity contribution is 0.101. The number of nitrogens with zero attached hydrogens (tertiary/aromatic N) is 1. The Balaban J connectivity index is 2.31. The van der Waals surface area contributed by atoms with Crippen molar-refractivity contribution in [2.75, 3.05) is 11.1 Å². The summed E-state index contributed by atoms with van der Waals surface area (Å²) in [5.41, 5.74) is 8.76. The molecule has 0 unspecified atom stereocenters. The van der Waals surface area contributed by atoms with Crippen molar-refractivity contribution < 1.29 is 4.79 Å². The molecule has 1 aromatic heterocycles. The monoisotopic (exact) mass is 271 g/mol. The number of hydrogen-bond donors (Lipinski definition) is 2. The minimum Gasteiger partial charge on any atom is -0.397 e. The minimum atomic E-state index is -0.152. The molecule has 0 aliphatic heterocycles. The van der Waals surface area contributed by atoms with Crippen LogP contribution in [0, 0.1) is 0 Å². The third-order valence-electron chi connectivity index (χ3n) is 3.24. The molecule has 0 saturated carbocycles. The van der Waals surface area contributed by atoms with Crippen molar-refractivity contribution in [3.63, 3.8) is 0 Å². The van der Waals surface area contributed by atoms with Gasteiger partial charge in [-0.3, -0.25) is 4.79 Å². The second-order valence-electron chi connectivity index (χ2n) is 6.02. The van der Waals surface area contributed by atoms with Crippen LogP contribution in [0.3, 0.4) is 0 Å². The van der Waals surface area contributed by atoms with E-state index in [1.807, 2.05) is 24.3 Å². The quantitative estimate of drug-likeness (QED) is 0.881. The molecule has 0 bridgehead atoms. The molecule has 0 atom stereocenters. The van der Waals surface area contributed by atoms with Gasteiger partial charge in [-0.1, -0.05) is 39.0 Å². The zero-order valence-electron chi connectivity index (χ0n) is 12.4. The fraction of sp³-hybridized carbons (Fsp3) is 0.312. The van der Waals surface area contributed by atoms with Crippen LogP contribution in [0.1, 0.15) is 36.8 Å². The Labute approximate surface area is 119 Å². The van der Waals surface area contributed by atoms with Crippen LogP contribution in [-0.4, -0.2) is 10.5 Å². The van der Waals surface area contributed by atoms with E-state index in [4.69, 9.17) is 5.73 Å². The van der Waals surface area contributed by atoms with Crippen LogP contribution in [0.15, 0.2) is 36.5 Å². The molecule has 1 heterocycles. The van der Waals surface area contributed by atoms with Gasteiger partial charge in [-0.2, -0.15) is 0 Å². The third kappa shape index (κ3) is 2.85. The van der Waals surface area contributed by atoms with E-state index in [0.29, 0.717) is 11.4 Å². The van der Waals surface area contributed by atoms with Gasteiger partial charge < -0.3 is 15.6 Å². The maximum Gasteiger partial charge on any atom is 0.272 e. The summed E-state index contributed by atoms with van der Waals surface area (Å²) in [5, 5.41) is 2.97. The smallest absolute Gasteiger partial charge is 0.272 e. The molecular formula is C16H21N3O. The molecule has 4 heteroatoms. The van der Waals surface area contributed by atoms with Gasteiger partial charge in [0, 0.05) is 18.9 Å². The fourth-order valence-corrected chi connectivity index (χ4v) is 2.25. The summed E-state index contributed by atoms with van der Waals surface area (Å²) in [5.74, 6) is -0.152. The number of benzene rings is 1. The number of nitrogen functional groups attached to an aromatic ring is 1. The SMILES string of the molecule is Cn1cc(N)cc1C(=O)Nc1ccccc1C(C)(C)C. The molecular weight excluding hydrogens is 250 g/mol. The summed E-state index contributed by atoms with van der Waals surface area (Å²) in [7, 11) is 1.81. The van der Waals surface area contributed by atoms with E-state index in [-0.39, 0.29) is 11.3 Å². The van der Waals surface area contributed by atoms with E-state index in [9.17, 15) is 4.79 Å². The van der Waals surface area contributed by atoms with Crippen molar-refractivity contribution in [1.29, 1.82) is 0 Å². The highest BCUT2D eigenvalue weighted by atomic mass is 16.1. The number of para-hydroxylation sites is 1. The van der Waals surface area contributed by atoms with E-state index >= 15 is 0 Å². The highest BCUT2D eigenvalue weighted by molar-refractivity contribution is 6.04. The predicted octanol–water partition coefficient (Wildman–Crippen LogP) is 3.16. The lowest BCUT2D eigenvalue weighted by Gasteiger charge is -2.23. The normalized spacial score (nSPS) is 11.4. The van der Waals surface area contributed by atoms with Gasteiger partial charge in [-0.15, -0.1) is 0 Å². The van der Waals surface area contributed by atoms with Crippen LogP contribution >= 0.6 is 0 Å². The summed E-state index contributed by atoms with van der Waals surface area (Å²) < 4.78 is 1.73. The number of carbonyl (C=O) groups is 1. The Morgan fingerprint density at radius 3 is 2.45 bits per heavy atom. The summed E-state index contributed by atoms with van der Waals surface area (Å²) in [6.07, 6.45) is 1.73. The predicted molar refractivity (Wildman–Crippen MR) is 82.9 cm³/mol. The standard InChI is InChI=1S/C16H21N3O/c1-16(2,3)12-7-5-6-8-13(12)18-15(20)14-9-11(17)10-19(14)4/h5-10H,17H2,1-4H3,(H,18,20). The first kappa shape index (κ1) is 14.2. The first-order chi connectivity index (χ1) is 9.29. The van der Waals surface area contributed by atoms with E-state index in [0.717, 1.165) is 11.3 Å². The molecule has 2 rings (SSSR count). The number of carbonyl (C=O) groups excluding carboxylic acids is 1. The van der Waals surface area contributed by atoms with Gasteiger partial charge in [0.15, 0.2) is 0 Å². The molecule has 0 spiro atoms. The van der Waals surface area contributed by atoms with E-state index < -0.39 is 0 Å². The van der Waals surface area contributed by atoms with Crippen LogP contribution in [0.25, 0.3) is 0 Å². The highest BCUT2D eigenvalue weighted by Gasteiger charge is 2.19. The number of nitrogens with two attached hydrogens (primary N) is 1. The average Bonchev–Trinajstić information content (AvgIpc) is 2.68. The Bertz CT molecular complexity index is 635. The fourth-order valence-electron chi connectivity index (χ4n) is 2.25. The molecule has 20 heavy (non-hydrogen) atoms. The molecule has 0 aliphatic rings. The Morgan fingerprint density at radius 2 is 1.90 bits per heavy atom. The maximum atomic E-state index is 12.3. The molecule has 1 amide bonds. The van der Waals surface area contributed by atoms with Gasteiger partial charge in [0.05, 0.1) is 5.69 Å². The molecule has 1 aromatic carbocycles. The second-order valence-corrected chi connectivity index (χ2v) is 6.02. The molecule has 0 radical (unpaired) electrons. The van der Waals surface area contributed by atoms with Gasteiger partial charge in [0.1, 0.15) is 5.69 Å². The van der Waals surface area contributed by atoms with E-state index in [1.54, 1.807) is 23.9 Å². The lowest BCUT2D eigenvalue weighted by Crippen LogP contribution is -2.20. The van der Waals surface area contributed by atoms with Crippen LogP contribution in [0.5, 0.6) is 0 Å². The zero-order valence-corrected chi connectivity index (χ0v) is 12.4. The van der Waals surface area contributed by atoms with Gasteiger partial charge in [0.2, 0.25) is 0 Å². The number of anilines is 2. The van der Waals surface area contributed by atoms with Gasteiger partial charge >= 0.3 is 0 Å². The zero-order chi connectivity index (χ0) is 14.9. The maximum absolute atomic E-state index is 12.3. The largest absolute Gasteiger partial charge is 0.397 e. The molecule has 0 saturated heterocycles. The highest BCUT2D eigenvalue weighted by Crippen LogP contribution is 2.29. The molecule has 0 aliphatic carbocycles. The lowest BCUT2D eigenvalue weighted by atomic mass is 9.86. The summed E-state index contributed by atoms with van der Waals surface area (Å²) in [6, 6.07) is 9.54. The molecule has 4 nitrogen and oxygen atoms in total. The molecule has 106 valence electrons. The van der Waals surface area contributed by atoms with Gasteiger partial charge in [-0.05, 0) is 23.1 Å². The van der Waals surface area contributed by atoms with Crippen molar-refractivity contribution in [1.82, 2.24) is 4.57 Å². The number of aromatic nitrogens is 1. The first-order valence-electron chi connectivity index (χ1n) is 6.62. The Kier molecular flexibility index (Phi) is 3.57. The first-order valence-corrected chi connectivity index (χ1v) is 6.62. The average molecular weight is 271 g/mol. The van der Waals surface area contributed by atoms with Crippen LogP contribution < -0.4 is 11.1 Å². The van der Waals surface area contributed by atoms with Crippen molar-refractivity contribution >= 4 is 17.3 Å². The van der Waals surface area contributed by atoms with E-state index in [1.165, 1.54) is 0 Å². The summed E-state index contributed by atoms with van der Waals surface area (Å²) in [6.45, 7) is 6.37. The molecule has 0 fully saturated rings. The van der Waals surface area contributed by atoms with Crippen LogP contribution in [0.4, 0.5) is 11.4 Å². The van der Waals surface area contributed by atoms with Crippen molar-refractivity contribution in [2.24, 2.45) is 7.05 Å².